The zero-order valence-electron chi connectivity index (χ0n) is 13.9. The van der Waals surface area contributed by atoms with Gasteiger partial charge in [-0.1, -0.05) is 13.8 Å². The molecule has 0 aromatic rings. The molecule has 0 bridgehead atoms. The fraction of sp³-hybridized carbons (Fsp3) is 0.857. The number of hydrogen-bond donors (Lipinski definition) is 2. The van der Waals surface area contributed by atoms with Gasteiger partial charge < -0.3 is 10.1 Å². The van der Waals surface area contributed by atoms with Crippen LogP contribution < -0.4 is 5.32 Å². The molecule has 2 unspecified atom stereocenters. The highest BCUT2D eigenvalue weighted by Crippen LogP contribution is 2.19. The summed E-state index contributed by atoms with van der Waals surface area (Å²) >= 11 is 0. The Kier molecular flexibility index (Phi) is 8.03. The molecule has 2 atom stereocenters. The van der Waals surface area contributed by atoms with E-state index in [-0.39, 0.29) is 18.5 Å². The van der Waals surface area contributed by atoms with Crippen LogP contribution in [0, 0.1) is 11.8 Å². The summed E-state index contributed by atoms with van der Waals surface area (Å²) in [5, 5.41) is 2.61. The lowest BCUT2D eigenvalue weighted by molar-refractivity contribution is -0.148. The number of hydrogen-bond acceptors (Lipinski definition) is 5. The number of rotatable bonds is 9. The highest BCUT2D eigenvalue weighted by molar-refractivity contribution is 7.85. The molecule has 1 amide bonds. The van der Waals surface area contributed by atoms with Crippen molar-refractivity contribution in [2.24, 2.45) is 11.8 Å². The van der Waals surface area contributed by atoms with E-state index in [1.165, 1.54) is 13.8 Å². The second-order valence-electron chi connectivity index (χ2n) is 6.09. The van der Waals surface area contributed by atoms with Gasteiger partial charge >= 0.3 is 5.97 Å². The van der Waals surface area contributed by atoms with Gasteiger partial charge in [-0.25, -0.2) is 0 Å². The largest absolute Gasteiger partial charge is 0.466 e. The van der Waals surface area contributed by atoms with E-state index in [0.717, 1.165) is 0 Å². The number of esters is 1. The maximum atomic E-state index is 12.3. The molecule has 0 fully saturated rings. The quantitative estimate of drug-likeness (QED) is 0.486. The lowest BCUT2D eigenvalue weighted by Crippen LogP contribution is -2.50. The standard InChI is InChI=1S/C14H27NO6S/c1-6-11(8-10(3)13(17)21-7-2)12(16)15-14(4,5)9-22(18,19)20/h10-11H,6-9H2,1-5H3,(H,15,16)(H,18,19,20). The van der Waals surface area contributed by atoms with E-state index in [0.29, 0.717) is 12.8 Å². The first kappa shape index (κ1) is 20.9. The molecule has 0 saturated carbocycles. The van der Waals surface area contributed by atoms with E-state index in [2.05, 4.69) is 5.32 Å². The third-order valence-corrected chi connectivity index (χ3v) is 4.28. The summed E-state index contributed by atoms with van der Waals surface area (Å²) in [4.78, 5) is 23.9. The number of nitrogens with one attached hydrogen (secondary N) is 1. The fourth-order valence-corrected chi connectivity index (χ4v) is 3.18. The van der Waals surface area contributed by atoms with Gasteiger partial charge in [-0.15, -0.1) is 0 Å². The molecule has 22 heavy (non-hydrogen) atoms. The predicted octanol–water partition coefficient (Wildman–Crippen LogP) is 1.38. The van der Waals surface area contributed by atoms with Gasteiger partial charge in [-0.3, -0.25) is 14.1 Å². The minimum absolute atomic E-state index is 0.285. The first-order chi connectivity index (χ1) is 9.91. The molecule has 0 spiro atoms. The van der Waals surface area contributed by atoms with Crippen LogP contribution in [-0.2, 0) is 24.4 Å². The van der Waals surface area contributed by atoms with Crippen molar-refractivity contribution in [1.29, 1.82) is 0 Å². The van der Waals surface area contributed by atoms with Gasteiger partial charge in [0.2, 0.25) is 5.91 Å². The van der Waals surface area contributed by atoms with Crippen molar-refractivity contribution < 1.29 is 27.3 Å². The molecule has 0 radical (unpaired) electrons. The van der Waals surface area contributed by atoms with Gasteiger partial charge in [0, 0.05) is 5.92 Å². The molecule has 0 aliphatic heterocycles. The molecular formula is C14H27NO6S. The Labute approximate surface area is 132 Å². The van der Waals surface area contributed by atoms with E-state index < -0.39 is 33.2 Å². The van der Waals surface area contributed by atoms with Gasteiger partial charge in [0.05, 0.1) is 23.8 Å². The molecule has 8 heteroatoms. The van der Waals surface area contributed by atoms with Gasteiger partial charge in [-0.05, 0) is 33.6 Å². The number of amides is 1. The van der Waals surface area contributed by atoms with Gasteiger partial charge in [0.25, 0.3) is 10.1 Å². The first-order valence-electron chi connectivity index (χ1n) is 7.35. The van der Waals surface area contributed by atoms with E-state index >= 15 is 0 Å². The minimum Gasteiger partial charge on any atom is -0.466 e. The Morgan fingerprint density at radius 2 is 1.82 bits per heavy atom. The second-order valence-corrected chi connectivity index (χ2v) is 7.55. The summed E-state index contributed by atoms with van der Waals surface area (Å²) in [5.41, 5.74) is -1.09. The second kappa shape index (κ2) is 8.47. The Morgan fingerprint density at radius 3 is 2.23 bits per heavy atom. The molecule has 0 heterocycles. The van der Waals surface area contributed by atoms with Crippen molar-refractivity contribution in [3.8, 4) is 0 Å². The van der Waals surface area contributed by atoms with Crippen LogP contribution >= 0.6 is 0 Å². The molecule has 0 aromatic carbocycles. The number of carbonyl (C=O) groups excluding carboxylic acids is 2. The first-order valence-corrected chi connectivity index (χ1v) is 8.96. The zero-order chi connectivity index (χ0) is 17.6. The third-order valence-electron chi connectivity index (χ3n) is 3.20. The average molecular weight is 337 g/mol. The van der Waals surface area contributed by atoms with E-state index in [1.807, 2.05) is 6.92 Å². The van der Waals surface area contributed by atoms with Crippen LogP contribution in [0.2, 0.25) is 0 Å². The molecule has 0 aliphatic rings. The molecule has 0 aromatic heterocycles. The summed E-state index contributed by atoms with van der Waals surface area (Å²) in [6.45, 7) is 8.54. The Balaban J connectivity index is 4.75. The van der Waals surface area contributed by atoms with Gasteiger partial charge in [-0.2, -0.15) is 8.42 Å². The zero-order valence-corrected chi connectivity index (χ0v) is 14.7. The lowest BCUT2D eigenvalue weighted by Gasteiger charge is -2.28. The molecule has 7 nitrogen and oxygen atoms in total. The van der Waals surface area contributed by atoms with Gasteiger partial charge in [0.15, 0.2) is 0 Å². The molecular weight excluding hydrogens is 310 g/mol. The smallest absolute Gasteiger partial charge is 0.308 e. The summed E-state index contributed by atoms with van der Waals surface area (Å²) in [7, 11) is -4.19. The molecule has 0 saturated heterocycles. The highest BCUT2D eigenvalue weighted by Gasteiger charge is 2.30. The van der Waals surface area contributed by atoms with Crippen LogP contribution in [0.3, 0.4) is 0 Å². The van der Waals surface area contributed by atoms with E-state index in [1.54, 1.807) is 13.8 Å². The van der Waals surface area contributed by atoms with Crippen LogP contribution in [-0.4, -0.2) is 42.7 Å². The Morgan fingerprint density at radius 1 is 1.27 bits per heavy atom. The lowest BCUT2D eigenvalue weighted by atomic mass is 9.92. The topological polar surface area (TPSA) is 110 Å². The Hall–Kier alpha value is -1.15. The van der Waals surface area contributed by atoms with Gasteiger partial charge in [0.1, 0.15) is 0 Å². The van der Waals surface area contributed by atoms with Crippen molar-refractivity contribution >= 4 is 22.0 Å². The fourth-order valence-electron chi connectivity index (χ4n) is 2.19. The van der Waals surface area contributed by atoms with Crippen LogP contribution in [0.5, 0.6) is 0 Å². The normalized spacial score (nSPS) is 15.0. The van der Waals surface area contributed by atoms with Crippen molar-refractivity contribution in [2.75, 3.05) is 12.4 Å². The molecule has 2 N–H and O–H groups in total. The maximum Gasteiger partial charge on any atom is 0.308 e. The van der Waals surface area contributed by atoms with Crippen LogP contribution in [0.25, 0.3) is 0 Å². The summed E-state index contributed by atoms with van der Waals surface area (Å²) in [5.74, 6) is -2.12. The summed E-state index contributed by atoms with van der Waals surface area (Å²) < 4.78 is 35.7. The maximum absolute atomic E-state index is 12.3. The van der Waals surface area contributed by atoms with Crippen LogP contribution in [0.4, 0.5) is 0 Å². The average Bonchev–Trinajstić information content (AvgIpc) is 2.31. The van der Waals surface area contributed by atoms with Crippen molar-refractivity contribution in [2.45, 2.75) is 53.0 Å². The number of carbonyl (C=O) groups is 2. The van der Waals surface area contributed by atoms with Crippen LogP contribution in [0.15, 0.2) is 0 Å². The number of ether oxygens (including phenoxy) is 1. The van der Waals surface area contributed by atoms with Crippen LogP contribution in [0.1, 0.15) is 47.5 Å². The van der Waals surface area contributed by atoms with Crippen molar-refractivity contribution in [1.82, 2.24) is 5.32 Å². The SMILES string of the molecule is CCOC(=O)C(C)CC(CC)C(=O)NC(C)(C)CS(=O)(=O)O. The van der Waals surface area contributed by atoms with E-state index in [9.17, 15) is 18.0 Å². The van der Waals surface area contributed by atoms with Crippen molar-refractivity contribution in [3.05, 3.63) is 0 Å². The molecule has 130 valence electrons. The minimum atomic E-state index is -4.19. The molecule has 0 aliphatic carbocycles. The Bertz CT molecular complexity index is 486. The van der Waals surface area contributed by atoms with E-state index in [4.69, 9.17) is 9.29 Å². The predicted molar refractivity (Wildman–Crippen MR) is 82.8 cm³/mol. The van der Waals surface area contributed by atoms with Crippen molar-refractivity contribution in [3.63, 3.8) is 0 Å². The molecule has 0 rings (SSSR count). The summed E-state index contributed by atoms with van der Waals surface area (Å²) in [6.07, 6.45) is 0.834. The third kappa shape index (κ3) is 8.33. The highest BCUT2D eigenvalue weighted by atomic mass is 32.2. The summed E-state index contributed by atoms with van der Waals surface area (Å²) in [6, 6.07) is 0. The monoisotopic (exact) mass is 337 g/mol.